The predicted octanol–water partition coefficient (Wildman–Crippen LogP) is 0.230. The molecule has 0 saturated heterocycles. The second kappa shape index (κ2) is 6.37. The summed E-state index contributed by atoms with van der Waals surface area (Å²) in [6.07, 6.45) is 1.38. The van der Waals surface area contributed by atoms with Crippen molar-refractivity contribution in [1.29, 1.82) is 0 Å². The SMILES string of the molecule is Cc1oncc1C(=O)NCc1nc(N(C)C)nc(N(C)C)n1. The van der Waals surface area contributed by atoms with Crippen LogP contribution >= 0.6 is 0 Å². The van der Waals surface area contributed by atoms with Crippen LogP contribution < -0.4 is 15.1 Å². The van der Waals surface area contributed by atoms with Crippen LogP contribution in [0.15, 0.2) is 10.7 Å². The molecular weight excluding hydrogens is 286 g/mol. The van der Waals surface area contributed by atoms with Crippen molar-refractivity contribution < 1.29 is 9.32 Å². The van der Waals surface area contributed by atoms with E-state index in [0.717, 1.165) is 0 Å². The summed E-state index contributed by atoms with van der Waals surface area (Å²) in [5, 5.41) is 6.33. The molecule has 118 valence electrons. The second-order valence-electron chi connectivity index (χ2n) is 5.12. The lowest BCUT2D eigenvalue weighted by Gasteiger charge is -2.16. The Bertz CT molecular complexity index is 640. The molecule has 22 heavy (non-hydrogen) atoms. The highest BCUT2D eigenvalue weighted by atomic mass is 16.5. The molecule has 2 heterocycles. The Kier molecular flexibility index (Phi) is 4.54. The highest BCUT2D eigenvalue weighted by molar-refractivity contribution is 5.94. The first kappa shape index (κ1) is 15.7. The number of aromatic nitrogens is 4. The summed E-state index contributed by atoms with van der Waals surface area (Å²) in [5.41, 5.74) is 0.398. The van der Waals surface area contributed by atoms with E-state index in [-0.39, 0.29) is 12.5 Å². The molecule has 2 aromatic rings. The first-order valence-corrected chi connectivity index (χ1v) is 6.67. The maximum absolute atomic E-state index is 12.0. The van der Waals surface area contributed by atoms with Crippen LogP contribution in [0.4, 0.5) is 11.9 Å². The molecule has 9 heteroatoms. The zero-order valence-electron chi connectivity index (χ0n) is 13.3. The number of anilines is 2. The Morgan fingerprint density at radius 2 is 1.73 bits per heavy atom. The Balaban J connectivity index is 2.15. The van der Waals surface area contributed by atoms with E-state index < -0.39 is 0 Å². The minimum atomic E-state index is -0.281. The summed E-state index contributed by atoms with van der Waals surface area (Å²) in [6, 6.07) is 0. The van der Waals surface area contributed by atoms with Gasteiger partial charge in [0.1, 0.15) is 11.3 Å². The quantitative estimate of drug-likeness (QED) is 0.838. The van der Waals surface area contributed by atoms with Gasteiger partial charge in [0, 0.05) is 28.2 Å². The molecule has 0 aliphatic heterocycles. The van der Waals surface area contributed by atoms with E-state index in [9.17, 15) is 4.79 Å². The summed E-state index contributed by atoms with van der Waals surface area (Å²) in [4.78, 5) is 28.5. The van der Waals surface area contributed by atoms with Gasteiger partial charge in [0.25, 0.3) is 5.91 Å². The maximum Gasteiger partial charge on any atom is 0.256 e. The summed E-state index contributed by atoms with van der Waals surface area (Å²) >= 11 is 0. The van der Waals surface area contributed by atoms with Gasteiger partial charge < -0.3 is 19.6 Å². The van der Waals surface area contributed by atoms with E-state index in [2.05, 4.69) is 25.4 Å². The van der Waals surface area contributed by atoms with Gasteiger partial charge in [-0.25, -0.2) is 0 Å². The van der Waals surface area contributed by atoms with E-state index in [1.165, 1.54) is 6.20 Å². The summed E-state index contributed by atoms with van der Waals surface area (Å²) < 4.78 is 4.87. The molecule has 2 rings (SSSR count). The standard InChI is InChI=1S/C13H19N7O2/c1-8-9(6-15-22-8)11(21)14-7-10-16-12(19(2)3)18-13(17-10)20(4)5/h6H,7H2,1-5H3,(H,14,21). The van der Waals surface area contributed by atoms with E-state index in [1.807, 2.05) is 28.2 Å². The predicted molar refractivity (Wildman–Crippen MR) is 80.9 cm³/mol. The third-order valence-corrected chi connectivity index (χ3v) is 2.86. The number of nitrogens with zero attached hydrogens (tertiary/aromatic N) is 6. The largest absolute Gasteiger partial charge is 0.361 e. The topological polar surface area (TPSA) is 100 Å². The van der Waals surface area contributed by atoms with Crippen molar-refractivity contribution in [3.63, 3.8) is 0 Å². The number of nitrogens with one attached hydrogen (secondary N) is 1. The van der Waals surface area contributed by atoms with Gasteiger partial charge in [-0.1, -0.05) is 5.16 Å². The zero-order valence-corrected chi connectivity index (χ0v) is 13.3. The average Bonchev–Trinajstić information content (AvgIpc) is 2.90. The van der Waals surface area contributed by atoms with E-state index in [0.29, 0.717) is 29.0 Å². The number of hydrogen-bond acceptors (Lipinski definition) is 8. The van der Waals surface area contributed by atoms with Gasteiger partial charge >= 0.3 is 0 Å². The van der Waals surface area contributed by atoms with E-state index in [1.54, 1.807) is 16.7 Å². The summed E-state index contributed by atoms with van der Waals surface area (Å²) in [5.74, 6) is 1.73. The zero-order chi connectivity index (χ0) is 16.3. The fourth-order valence-corrected chi connectivity index (χ4v) is 1.65. The number of carbonyl (C=O) groups excluding carboxylic acids is 1. The number of carbonyl (C=O) groups is 1. The molecule has 2 aromatic heterocycles. The van der Waals surface area contributed by atoms with Crippen LogP contribution in [0.5, 0.6) is 0 Å². The lowest BCUT2D eigenvalue weighted by atomic mass is 10.2. The lowest BCUT2D eigenvalue weighted by Crippen LogP contribution is -2.26. The fraction of sp³-hybridized carbons (Fsp3) is 0.462. The Morgan fingerprint density at radius 1 is 1.14 bits per heavy atom. The van der Waals surface area contributed by atoms with Crippen molar-refractivity contribution in [2.75, 3.05) is 38.0 Å². The molecule has 0 radical (unpaired) electrons. The van der Waals surface area contributed by atoms with Crippen molar-refractivity contribution in [3.8, 4) is 0 Å². The molecule has 0 aromatic carbocycles. The van der Waals surface area contributed by atoms with Crippen molar-refractivity contribution >= 4 is 17.8 Å². The first-order valence-electron chi connectivity index (χ1n) is 6.67. The second-order valence-corrected chi connectivity index (χ2v) is 5.12. The van der Waals surface area contributed by atoms with Crippen LogP contribution in [-0.4, -0.2) is 54.2 Å². The minimum absolute atomic E-state index is 0.188. The molecule has 0 aliphatic rings. The van der Waals surface area contributed by atoms with Crippen LogP contribution in [0.1, 0.15) is 21.9 Å². The maximum atomic E-state index is 12.0. The molecular formula is C13H19N7O2. The van der Waals surface area contributed by atoms with Crippen molar-refractivity contribution in [2.24, 2.45) is 0 Å². The highest BCUT2D eigenvalue weighted by Crippen LogP contribution is 2.11. The summed E-state index contributed by atoms with van der Waals surface area (Å²) in [6.45, 7) is 1.87. The molecule has 0 bridgehead atoms. The van der Waals surface area contributed by atoms with Gasteiger partial charge in [-0.15, -0.1) is 0 Å². The molecule has 1 N–H and O–H groups in total. The van der Waals surface area contributed by atoms with Gasteiger partial charge in [-0.2, -0.15) is 15.0 Å². The smallest absolute Gasteiger partial charge is 0.256 e. The van der Waals surface area contributed by atoms with Gasteiger partial charge in [0.2, 0.25) is 11.9 Å². The van der Waals surface area contributed by atoms with Crippen molar-refractivity contribution in [1.82, 2.24) is 25.4 Å². The van der Waals surface area contributed by atoms with Crippen LogP contribution in [-0.2, 0) is 6.54 Å². The molecule has 0 unspecified atom stereocenters. The third-order valence-electron chi connectivity index (χ3n) is 2.86. The first-order chi connectivity index (χ1) is 10.4. The Hall–Kier alpha value is -2.71. The van der Waals surface area contributed by atoms with Gasteiger partial charge in [0.05, 0.1) is 12.7 Å². The minimum Gasteiger partial charge on any atom is -0.361 e. The number of hydrogen-bond donors (Lipinski definition) is 1. The molecule has 0 spiro atoms. The van der Waals surface area contributed by atoms with Crippen LogP contribution in [0.25, 0.3) is 0 Å². The fourth-order valence-electron chi connectivity index (χ4n) is 1.65. The Morgan fingerprint density at radius 3 is 2.18 bits per heavy atom. The van der Waals surface area contributed by atoms with Crippen LogP contribution in [0.3, 0.4) is 0 Å². The summed E-state index contributed by atoms with van der Waals surface area (Å²) in [7, 11) is 7.38. The lowest BCUT2D eigenvalue weighted by molar-refractivity contribution is 0.0948. The van der Waals surface area contributed by atoms with Crippen LogP contribution in [0, 0.1) is 6.92 Å². The highest BCUT2D eigenvalue weighted by Gasteiger charge is 2.14. The molecule has 9 nitrogen and oxygen atoms in total. The monoisotopic (exact) mass is 305 g/mol. The van der Waals surface area contributed by atoms with Gasteiger partial charge in [0.15, 0.2) is 5.82 Å². The molecule has 0 saturated carbocycles. The van der Waals surface area contributed by atoms with E-state index >= 15 is 0 Å². The number of rotatable bonds is 5. The van der Waals surface area contributed by atoms with Crippen LogP contribution in [0.2, 0.25) is 0 Å². The average molecular weight is 305 g/mol. The molecule has 0 atom stereocenters. The third kappa shape index (κ3) is 3.48. The molecule has 1 amide bonds. The number of aryl methyl sites for hydroxylation is 1. The molecule has 0 aliphatic carbocycles. The number of amides is 1. The van der Waals surface area contributed by atoms with Gasteiger partial charge in [-0.3, -0.25) is 4.79 Å². The van der Waals surface area contributed by atoms with Gasteiger partial charge in [-0.05, 0) is 6.92 Å². The molecule has 0 fully saturated rings. The van der Waals surface area contributed by atoms with E-state index in [4.69, 9.17) is 4.52 Å². The Labute approximate surface area is 128 Å². The van der Waals surface area contributed by atoms with Crippen molar-refractivity contribution in [3.05, 3.63) is 23.3 Å². The normalized spacial score (nSPS) is 10.4. The van der Waals surface area contributed by atoms with Crippen molar-refractivity contribution in [2.45, 2.75) is 13.5 Å².